The average Bonchev–Trinajstić information content (AvgIpc) is 2.83. The maximum atomic E-state index is 12.3. The van der Waals surface area contributed by atoms with Crippen molar-refractivity contribution in [1.29, 1.82) is 0 Å². The molecule has 1 heterocycles. The molecule has 0 radical (unpaired) electrons. The molecule has 2 rings (SSSR count). The summed E-state index contributed by atoms with van der Waals surface area (Å²) in [5.41, 5.74) is 0.918. The van der Waals surface area contributed by atoms with Gasteiger partial charge in [0.1, 0.15) is 5.75 Å². The van der Waals surface area contributed by atoms with Crippen LogP contribution in [0, 0.1) is 0 Å². The molecule has 1 aromatic carbocycles. The highest BCUT2D eigenvalue weighted by Crippen LogP contribution is 2.28. The van der Waals surface area contributed by atoms with Crippen LogP contribution in [0.5, 0.6) is 5.75 Å². The van der Waals surface area contributed by atoms with E-state index in [4.69, 9.17) is 9.84 Å². The Labute approximate surface area is 107 Å². The summed E-state index contributed by atoms with van der Waals surface area (Å²) in [6.07, 6.45) is 0.734. The Morgan fingerprint density at radius 2 is 2.22 bits per heavy atom. The molecule has 0 aromatic heterocycles. The lowest BCUT2D eigenvalue weighted by Gasteiger charge is -2.22. The minimum absolute atomic E-state index is 0.205. The van der Waals surface area contributed by atoms with Gasteiger partial charge in [-0.25, -0.2) is 8.42 Å². The fraction of sp³-hybridized carbons (Fsp3) is 0.500. The van der Waals surface area contributed by atoms with E-state index in [9.17, 15) is 8.42 Å². The molecule has 0 spiro atoms. The number of sulfonamides is 1. The van der Waals surface area contributed by atoms with Gasteiger partial charge >= 0.3 is 0 Å². The van der Waals surface area contributed by atoms with Gasteiger partial charge in [-0.2, -0.15) is 4.31 Å². The second kappa shape index (κ2) is 4.87. The average molecular weight is 271 g/mol. The van der Waals surface area contributed by atoms with Gasteiger partial charge in [0.15, 0.2) is 0 Å². The number of hydrogen-bond acceptors (Lipinski definition) is 4. The van der Waals surface area contributed by atoms with Crippen molar-refractivity contribution in [3.05, 3.63) is 23.8 Å². The third-order valence-corrected chi connectivity index (χ3v) is 5.19. The first kappa shape index (κ1) is 13.3. The van der Waals surface area contributed by atoms with Crippen molar-refractivity contribution in [2.45, 2.75) is 24.3 Å². The molecule has 0 aliphatic carbocycles. The van der Waals surface area contributed by atoms with Crippen LogP contribution in [-0.2, 0) is 16.4 Å². The van der Waals surface area contributed by atoms with Gasteiger partial charge in [0.25, 0.3) is 0 Å². The molecule has 18 heavy (non-hydrogen) atoms. The van der Waals surface area contributed by atoms with Crippen LogP contribution in [0.1, 0.15) is 12.5 Å². The second-order valence-electron chi connectivity index (χ2n) is 4.42. The van der Waals surface area contributed by atoms with E-state index < -0.39 is 16.1 Å². The minimum atomic E-state index is -3.55. The van der Waals surface area contributed by atoms with Crippen molar-refractivity contribution in [3.8, 4) is 5.75 Å². The number of aliphatic hydroxyl groups excluding tert-OH is 1. The number of hydrogen-bond donors (Lipinski definition) is 1. The van der Waals surface area contributed by atoms with E-state index in [0.717, 1.165) is 17.7 Å². The van der Waals surface area contributed by atoms with Crippen molar-refractivity contribution in [1.82, 2.24) is 4.31 Å². The molecular formula is C12H17NO4S. The molecule has 5 nitrogen and oxygen atoms in total. The number of nitrogens with zero attached hydrogens (tertiary/aromatic N) is 1. The van der Waals surface area contributed by atoms with Crippen molar-refractivity contribution >= 4 is 10.0 Å². The summed E-state index contributed by atoms with van der Waals surface area (Å²) in [7, 11) is -2.08. The van der Waals surface area contributed by atoms with Crippen LogP contribution in [0.3, 0.4) is 0 Å². The van der Waals surface area contributed by atoms with Crippen molar-refractivity contribution < 1.29 is 18.3 Å². The van der Waals surface area contributed by atoms with Crippen LogP contribution in [0.2, 0.25) is 0 Å². The summed E-state index contributed by atoms with van der Waals surface area (Å²) in [6.45, 7) is 2.06. The SMILES string of the molecule is CC(CO)N(C)S(=O)(=O)c1ccc2c(c1)CCO2. The fourth-order valence-corrected chi connectivity index (χ4v) is 3.25. The van der Waals surface area contributed by atoms with Gasteiger partial charge in [0, 0.05) is 19.5 Å². The molecule has 0 saturated heterocycles. The first-order valence-corrected chi connectivity index (χ1v) is 7.25. The first-order valence-electron chi connectivity index (χ1n) is 5.81. The number of aliphatic hydroxyl groups is 1. The van der Waals surface area contributed by atoms with Crippen LogP contribution in [-0.4, -0.2) is 44.1 Å². The summed E-state index contributed by atoms with van der Waals surface area (Å²) in [4.78, 5) is 0.245. The Morgan fingerprint density at radius 1 is 1.50 bits per heavy atom. The minimum Gasteiger partial charge on any atom is -0.493 e. The third kappa shape index (κ3) is 2.23. The molecular weight excluding hydrogens is 254 g/mol. The van der Waals surface area contributed by atoms with E-state index in [-0.39, 0.29) is 11.5 Å². The normalized spacial score (nSPS) is 16.4. The summed E-state index contributed by atoms with van der Waals surface area (Å²) >= 11 is 0. The maximum absolute atomic E-state index is 12.3. The van der Waals surface area contributed by atoms with Crippen molar-refractivity contribution in [2.24, 2.45) is 0 Å². The molecule has 6 heteroatoms. The molecule has 1 unspecified atom stereocenters. The van der Waals surface area contributed by atoms with Crippen LogP contribution >= 0.6 is 0 Å². The molecule has 0 saturated carbocycles. The molecule has 1 aliphatic heterocycles. The smallest absolute Gasteiger partial charge is 0.243 e. The number of fused-ring (bicyclic) bond motifs is 1. The van der Waals surface area contributed by atoms with Crippen LogP contribution in [0.15, 0.2) is 23.1 Å². The molecule has 1 atom stereocenters. The zero-order valence-corrected chi connectivity index (χ0v) is 11.3. The molecule has 0 amide bonds. The summed E-state index contributed by atoms with van der Waals surface area (Å²) < 4.78 is 31.1. The monoisotopic (exact) mass is 271 g/mol. The van der Waals surface area contributed by atoms with Gasteiger partial charge in [0.05, 0.1) is 18.1 Å². The van der Waals surface area contributed by atoms with E-state index >= 15 is 0 Å². The number of likely N-dealkylation sites (N-methyl/N-ethyl adjacent to an activating group) is 1. The summed E-state index contributed by atoms with van der Waals surface area (Å²) in [5.74, 6) is 0.756. The predicted molar refractivity (Wildman–Crippen MR) is 67.1 cm³/mol. The molecule has 0 bridgehead atoms. The topological polar surface area (TPSA) is 66.8 Å². The van der Waals surface area contributed by atoms with E-state index in [1.165, 1.54) is 11.4 Å². The van der Waals surface area contributed by atoms with Gasteiger partial charge in [-0.1, -0.05) is 0 Å². The lowest BCUT2D eigenvalue weighted by atomic mass is 10.2. The van der Waals surface area contributed by atoms with Crippen molar-refractivity contribution in [2.75, 3.05) is 20.3 Å². The van der Waals surface area contributed by atoms with E-state index in [0.29, 0.717) is 6.61 Å². The molecule has 100 valence electrons. The maximum Gasteiger partial charge on any atom is 0.243 e. The predicted octanol–water partition coefficient (Wildman–Crippen LogP) is 0.623. The van der Waals surface area contributed by atoms with Gasteiger partial charge < -0.3 is 9.84 Å². The standard InChI is InChI=1S/C12H17NO4S/c1-9(8-14)13(2)18(15,16)11-3-4-12-10(7-11)5-6-17-12/h3-4,7,9,14H,5-6,8H2,1-2H3. The Hall–Kier alpha value is -1.11. The van der Waals surface area contributed by atoms with Gasteiger partial charge in [-0.3, -0.25) is 0 Å². The van der Waals surface area contributed by atoms with Crippen LogP contribution < -0.4 is 4.74 Å². The highest BCUT2D eigenvalue weighted by atomic mass is 32.2. The zero-order valence-electron chi connectivity index (χ0n) is 10.5. The van der Waals surface area contributed by atoms with E-state index in [2.05, 4.69) is 0 Å². The zero-order chi connectivity index (χ0) is 13.3. The molecule has 1 N–H and O–H groups in total. The van der Waals surface area contributed by atoms with E-state index in [1.54, 1.807) is 25.1 Å². The number of ether oxygens (including phenoxy) is 1. The Morgan fingerprint density at radius 3 is 2.89 bits per heavy atom. The highest BCUT2D eigenvalue weighted by Gasteiger charge is 2.26. The largest absolute Gasteiger partial charge is 0.493 e. The summed E-state index contributed by atoms with van der Waals surface area (Å²) in [6, 6.07) is 4.44. The fourth-order valence-electron chi connectivity index (χ4n) is 1.84. The Kier molecular flexibility index (Phi) is 3.61. The molecule has 0 fully saturated rings. The van der Waals surface area contributed by atoms with E-state index in [1.807, 2.05) is 0 Å². The van der Waals surface area contributed by atoms with Crippen LogP contribution in [0.25, 0.3) is 0 Å². The quantitative estimate of drug-likeness (QED) is 0.872. The van der Waals surface area contributed by atoms with Gasteiger partial charge in [0.2, 0.25) is 10.0 Å². The number of rotatable bonds is 4. The van der Waals surface area contributed by atoms with Gasteiger partial charge in [-0.15, -0.1) is 0 Å². The number of benzene rings is 1. The van der Waals surface area contributed by atoms with Crippen molar-refractivity contribution in [3.63, 3.8) is 0 Å². The summed E-state index contributed by atoms with van der Waals surface area (Å²) in [5, 5.41) is 9.04. The second-order valence-corrected chi connectivity index (χ2v) is 6.42. The highest BCUT2D eigenvalue weighted by molar-refractivity contribution is 7.89. The lowest BCUT2D eigenvalue weighted by molar-refractivity contribution is 0.214. The molecule has 1 aromatic rings. The Bertz CT molecular complexity index is 541. The first-order chi connectivity index (χ1) is 8.46. The molecule has 1 aliphatic rings. The van der Waals surface area contributed by atoms with Gasteiger partial charge in [-0.05, 0) is 30.7 Å². The third-order valence-electron chi connectivity index (χ3n) is 3.22. The lowest BCUT2D eigenvalue weighted by Crippen LogP contribution is -2.37. The van der Waals surface area contributed by atoms with Crippen LogP contribution in [0.4, 0.5) is 0 Å². The Balaban J connectivity index is 2.36.